The van der Waals surface area contributed by atoms with Crippen molar-refractivity contribution in [1.82, 2.24) is 30.1 Å². The van der Waals surface area contributed by atoms with Crippen molar-refractivity contribution in [2.75, 3.05) is 0 Å². The summed E-state index contributed by atoms with van der Waals surface area (Å²) in [6.45, 7) is 12.4. The Hall–Kier alpha value is -3.49. The lowest BCUT2D eigenvalue weighted by atomic mass is 9.86. The molecule has 0 aliphatic heterocycles. The lowest BCUT2D eigenvalue weighted by molar-refractivity contribution is -0.122. The van der Waals surface area contributed by atoms with Crippen LogP contribution in [0.2, 0.25) is 5.02 Å². The molecular weight excluding hydrogens is 560 g/mol. The molecule has 2 heterocycles. The third-order valence-electron chi connectivity index (χ3n) is 9.63. The molecule has 43 heavy (non-hydrogen) atoms. The van der Waals surface area contributed by atoms with E-state index in [1.807, 2.05) is 66.7 Å². The number of amides is 1. The predicted octanol–water partition coefficient (Wildman–Crippen LogP) is 6.26. The standard InChI is InChI=1S/C34H41ClN6O2/c1-20-7-12-26(16-28(20)35)41-22(3)27(21(2)38-41)17-31(42)36-34-14-13-23(18-34)15-30(34)40-19-29(37-39-40)32(43)24-8-10-25(11-9-24)33(4,5)6/h7-12,16,19,23,30,32,43H,13-15,17-18H2,1-6H3,(H,36,42). The minimum absolute atomic E-state index is 0.00784. The van der Waals surface area contributed by atoms with Crippen LogP contribution in [0, 0.1) is 26.7 Å². The first-order chi connectivity index (χ1) is 20.3. The van der Waals surface area contributed by atoms with Crippen molar-refractivity contribution >= 4 is 17.5 Å². The molecule has 226 valence electrons. The fourth-order valence-electron chi connectivity index (χ4n) is 7.07. The maximum atomic E-state index is 13.6. The monoisotopic (exact) mass is 600 g/mol. The Labute approximate surface area is 258 Å². The first kappa shape index (κ1) is 29.6. The summed E-state index contributed by atoms with van der Waals surface area (Å²) in [5, 5.41) is 28.8. The van der Waals surface area contributed by atoms with Crippen LogP contribution in [-0.2, 0) is 16.6 Å². The molecule has 2 fully saturated rings. The second kappa shape index (κ2) is 10.9. The van der Waals surface area contributed by atoms with Crippen LogP contribution in [0.15, 0.2) is 48.7 Å². The lowest BCUT2D eigenvalue weighted by Crippen LogP contribution is -2.51. The van der Waals surface area contributed by atoms with Gasteiger partial charge in [-0.15, -0.1) is 5.10 Å². The number of hydrogen-bond acceptors (Lipinski definition) is 5. The van der Waals surface area contributed by atoms with Crippen LogP contribution in [-0.4, -0.2) is 41.3 Å². The average molecular weight is 601 g/mol. The van der Waals surface area contributed by atoms with E-state index in [-0.39, 0.29) is 29.3 Å². The third kappa shape index (κ3) is 5.51. The predicted molar refractivity (Wildman–Crippen MR) is 168 cm³/mol. The van der Waals surface area contributed by atoms with Gasteiger partial charge in [0.05, 0.1) is 35.6 Å². The Balaban J connectivity index is 1.18. The molecule has 2 aromatic carbocycles. The van der Waals surface area contributed by atoms with Crippen molar-refractivity contribution in [3.63, 3.8) is 0 Å². The fraction of sp³-hybridized carbons (Fsp3) is 0.471. The average Bonchev–Trinajstić information content (AvgIpc) is 3.74. The van der Waals surface area contributed by atoms with Gasteiger partial charge in [-0.1, -0.05) is 67.9 Å². The summed E-state index contributed by atoms with van der Waals surface area (Å²) in [6.07, 6.45) is 5.09. The van der Waals surface area contributed by atoms with E-state index in [1.165, 1.54) is 5.56 Å². The van der Waals surface area contributed by atoms with Gasteiger partial charge in [0.2, 0.25) is 5.91 Å². The van der Waals surface area contributed by atoms with Crippen LogP contribution in [0.4, 0.5) is 0 Å². The zero-order valence-corrected chi connectivity index (χ0v) is 26.6. The second-order valence-corrected chi connectivity index (χ2v) is 14.0. The molecule has 4 unspecified atom stereocenters. The number of carbonyl (C=O) groups excluding carboxylic acids is 1. The van der Waals surface area contributed by atoms with Crippen molar-refractivity contribution < 1.29 is 9.90 Å². The summed E-state index contributed by atoms with van der Waals surface area (Å²) in [5.41, 5.74) is 6.76. The maximum Gasteiger partial charge on any atom is 0.225 e. The minimum atomic E-state index is -0.863. The molecular formula is C34H41ClN6O2. The summed E-state index contributed by atoms with van der Waals surface area (Å²) in [6, 6.07) is 13.9. The van der Waals surface area contributed by atoms with E-state index < -0.39 is 6.10 Å². The summed E-state index contributed by atoms with van der Waals surface area (Å²) in [5.74, 6) is 0.518. The number of aromatic nitrogens is 5. The second-order valence-electron chi connectivity index (χ2n) is 13.6. The maximum absolute atomic E-state index is 13.6. The zero-order valence-electron chi connectivity index (χ0n) is 25.9. The van der Waals surface area contributed by atoms with Crippen LogP contribution in [0.3, 0.4) is 0 Å². The Morgan fingerprint density at radius 2 is 1.91 bits per heavy atom. The van der Waals surface area contributed by atoms with E-state index in [9.17, 15) is 9.90 Å². The van der Waals surface area contributed by atoms with Gasteiger partial charge < -0.3 is 10.4 Å². The van der Waals surface area contributed by atoms with Crippen molar-refractivity contribution in [2.24, 2.45) is 5.92 Å². The Morgan fingerprint density at radius 1 is 1.16 bits per heavy atom. The van der Waals surface area contributed by atoms with Gasteiger partial charge in [0.15, 0.2) is 0 Å². The molecule has 6 rings (SSSR count). The highest BCUT2D eigenvalue weighted by molar-refractivity contribution is 6.31. The van der Waals surface area contributed by atoms with Crippen molar-refractivity contribution in [3.8, 4) is 5.69 Å². The summed E-state index contributed by atoms with van der Waals surface area (Å²) < 4.78 is 3.74. The largest absolute Gasteiger partial charge is 0.382 e. The number of rotatable bonds is 7. The van der Waals surface area contributed by atoms with Crippen LogP contribution in [0.5, 0.6) is 0 Å². The normalized spacial score (nSPS) is 22.2. The van der Waals surface area contributed by atoms with E-state index in [0.717, 1.165) is 59.4 Å². The first-order valence-electron chi connectivity index (χ1n) is 15.2. The lowest BCUT2D eigenvalue weighted by Gasteiger charge is -2.36. The number of fused-ring (bicyclic) bond motifs is 2. The molecule has 9 heteroatoms. The molecule has 2 N–H and O–H groups in total. The third-order valence-corrected chi connectivity index (χ3v) is 10.0. The molecule has 2 aliphatic rings. The zero-order chi connectivity index (χ0) is 30.7. The molecule has 4 aromatic rings. The Bertz CT molecular complexity index is 1670. The SMILES string of the molecule is Cc1ccc(-n2nc(C)c(CC(=O)NC34CCC(CC3n3cc(C(O)c5ccc(C(C)(C)C)cc5)nn3)C4)c2C)cc1Cl. The van der Waals surface area contributed by atoms with Gasteiger partial charge in [-0.2, -0.15) is 5.10 Å². The van der Waals surface area contributed by atoms with Crippen molar-refractivity contribution in [1.29, 1.82) is 0 Å². The molecule has 0 radical (unpaired) electrons. The van der Waals surface area contributed by atoms with Gasteiger partial charge in [0.25, 0.3) is 0 Å². The molecule has 0 saturated heterocycles. The molecule has 8 nitrogen and oxygen atoms in total. The molecule has 4 atom stereocenters. The van der Waals surface area contributed by atoms with Gasteiger partial charge in [0.1, 0.15) is 11.8 Å². The number of carbonyl (C=O) groups is 1. The van der Waals surface area contributed by atoms with Crippen molar-refractivity contribution in [3.05, 3.63) is 93.0 Å². The highest BCUT2D eigenvalue weighted by atomic mass is 35.5. The number of aliphatic hydroxyl groups excluding tert-OH is 1. The number of benzene rings is 2. The van der Waals surface area contributed by atoms with Crippen molar-refractivity contribution in [2.45, 2.75) is 96.7 Å². The number of nitrogens with one attached hydrogen (secondary N) is 1. The number of aryl methyl sites for hydroxylation is 2. The number of hydrogen-bond donors (Lipinski definition) is 2. The van der Waals surface area contributed by atoms with E-state index in [1.54, 1.807) is 0 Å². The quantitative estimate of drug-likeness (QED) is 0.261. The first-order valence-corrected chi connectivity index (χ1v) is 15.6. The highest BCUT2D eigenvalue weighted by Crippen LogP contribution is 2.53. The van der Waals surface area contributed by atoms with Gasteiger partial charge in [0, 0.05) is 16.3 Å². The molecule has 1 amide bonds. The summed E-state index contributed by atoms with van der Waals surface area (Å²) >= 11 is 6.38. The molecule has 2 aromatic heterocycles. The van der Waals surface area contributed by atoms with Crippen LogP contribution >= 0.6 is 11.6 Å². The molecule has 2 bridgehead atoms. The molecule has 2 aliphatic carbocycles. The number of aliphatic hydroxyl groups is 1. The van der Waals surface area contributed by atoms with Crippen LogP contribution in [0.1, 0.15) is 97.9 Å². The van der Waals surface area contributed by atoms with Gasteiger partial charge in [-0.3, -0.25) is 4.79 Å². The Kier molecular flexibility index (Phi) is 7.50. The summed E-state index contributed by atoms with van der Waals surface area (Å²) in [4.78, 5) is 13.6. The van der Waals surface area contributed by atoms with E-state index in [0.29, 0.717) is 16.6 Å². The minimum Gasteiger partial charge on any atom is -0.382 e. The number of halogens is 1. The molecule has 0 spiro atoms. The van der Waals surface area contributed by atoms with Crippen LogP contribution in [0.25, 0.3) is 5.69 Å². The smallest absolute Gasteiger partial charge is 0.225 e. The summed E-state index contributed by atoms with van der Waals surface area (Å²) in [7, 11) is 0. The Morgan fingerprint density at radius 3 is 2.58 bits per heavy atom. The fourth-order valence-corrected chi connectivity index (χ4v) is 7.24. The van der Waals surface area contributed by atoms with E-state index >= 15 is 0 Å². The van der Waals surface area contributed by atoms with Gasteiger partial charge >= 0.3 is 0 Å². The van der Waals surface area contributed by atoms with Gasteiger partial charge in [-0.25, -0.2) is 9.36 Å². The molecule has 2 saturated carbocycles. The highest BCUT2D eigenvalue weighted by Gasteiger charge is 2.54. The van der Waals surface area contributed by atoms with E-state index in [4.69, 9.17) is 16.7 Å². The van der Waals surface area contributed by atoms with Crippen LogP contribution < -0.4 is 5.32 Å². The topological polar surface area (TPSA) is 97.9 Å². The number of nitrogens with zero attached hydrogens (tertiary/aromatic N) is 5. The van der Waals surface area contributed by atoms with Gasteiger partial charge in [-0.05, 0) is 86.6 Å². The van der Waals surface area contributed by atoms with E-state index in [2.05, 4.69) is 48.5 Å².